The Balaban J connectivity index is 2.72. The molecule has 2 aromatic rings. The summed E-state index contributed by atoms with van der Waals surface area (Å²) in [5, 5.41) is 4.93. The van der Waals surface area contributed by atoms with Crippen LogP contribution in [0.1, 0.15) is 5.56 Å². The van der Waals surface area contributed by atoms with Crippen LogP contribution in [0.15, 0.2) is 18.3 Å². The van der Waals surface area contributed by atoms with Crippen LogP contribution in [-0.2, 0) is 5.67 Å². The molecule has 1 aromatic heterocycles. The molecule has 0 atom stereocenters. The number of alkyl halides is 7. The van der Waals surface area contributed by atoms with E-state index < -0.39 is 33.6 Å². The second-order valence-electron chi connectivity index (χ2n) is 4.56. The average molecular weight is 507 g/mol. The average Bonchev–Trinajstić information content (AvgIpc) is 2.80. The summed E-state index contributed by atoms with van der Waals surface area (Å²) in [5.74, 6) is 0. The first-order valence-corrected chi connectivity index (χ1v) is 7.65. The standard InChI is InChI=1S/C12H4Cl2F7IN2/c13-5-1-4(10(15,11(16,17)18)12(19,20)21)2-6(14)8(5)9-7(22)3-23-24-9/h1-3H,(H,23,24). The van der Waals surface area contributed by atoms with Crippen LogP contribution in [0, 0.1) is 3.57 Å². The van der Waals surface area contributed by atoms with Crippen molar-refractivity contribution in [3.63, 3.8) is 0 Å². The third-order valence-electron chi connectivity index (χ3n) is 3.06. The van der Waals surface area contributed by atoms with Crippen molar-refractivity contribution in [1.82, 2.24) is 10.2 Å². The van der Waals surface area contributed by atoms with Crippen molar-refractivity contribution in [2.24, 2.45) is 0 Å². The third-order valence-corrected chi connectivity index (χ3v) is 4.48. The quantitative estimate of drug-likeness (QED) is 0.377. The fourth-order valence-electron chi connectivity index (χ4n) is 1.95. The molecule has 2 rings (SSSR count). The minimum absolute atomic E-state index is 0.0873. The van der Waals surface area contributed by atoms with Gasteiger partial charge in [-0.15, -0.1) is 0 Å². The highest BCUT2D eigenvalue weighted by molar-refractivity contribution is 14.1. The summed E-state index contributed by atoms with van der Waals surface area (Å²) in [6.07, 6.45) is -11.2. The largest absolute Gasteiger partial charge is 0.435 e. The summed E-state index contributed by atoms with van der Waals surface area (Å²) in [5.41, 5.74) is -7.26. The lowest BCUT2D eigenvalue weighted by Gasteiger charge is -2.30. The molecule has 0 radical (unpaired) electrons. The van der Waals surface area contributed by atoms with Gasteiger partial charge in [-0.25, -0.2) is 4.39 Å². The predicted octanol–water partition coefficient (Wildman–Crippen LogP) is 6.28. The van der Waals surface area contributed by atoms with Crippen molar-refractivity contribution in [2.45, 2.75) is 18.0 Å². The number of benzene rings is 1. The van der Waals surface area contributed by atoms with Gasteiger partial charge in [-0.2, -0.15) is 31.4 Å². The van der Waals surface area contributed by atoms with E-state index in [2.05, 4.69) is 10.2 Å². The molecule has 0 aliphatic heterocycles. The molecule has 132 valence electrons. The van der Waals surface area contributed by atoms with Crippen LogP contribution in [0.3, 0.4) is 0 Å². The zero-order chi connectivity index (χ0) is 18.5. The fraction of sp³-hybridized carbons (Fsp3) is 0.250. The lowest BCUT2D eigenvalue weighted by atomic mass is 9.93. The van der Waals surface area contributed by atoms with Gasteiger partial charge in [0.25, 0.3) is 0 Å². The van der Waals surface area contributed by atoms with Gasteiger partial charge in [-0.05, 0) is 34.7 Å². The Labute approximate surface area is 153 Å². The molecule has 0 fully saturated rings. The molecule has 0 aliphatic carbocycles. The summed E-state index contributed by atoms with van der Waals surface area (Å²) in [4.78, 5) is 0. The topological polar surface area (TPSA) is 28.7 Å². The van der Waals surface area contributed by atoms with E-state index >= 15 is 0 Å². The van der Waals surface area contributed by atoms with Gasteiger partial charge >= 0.3 is 18.0 Å². The van der Waals surface area contributed by atoms with Crippen LogP contribution in [0.2, 0.25) is 10.0 Å². The molecule has 24 heavy (non-hydrogen) atoms. The van der Waals surface area contributed by atoms with Crippen molar-refractivity contribution in [1.29, 1.82) is 0 Å². The van der Waals surface area contributed by atoms with Crippen molar-refractivity contribution in [3.05, 3.63) is 37.5 Å². The number of rotatable bonds is 2. The molecule has 1 N–H and O–H groups in total. The number of aromatic amines is 1. The molecule has 1 aromatic carbocycles. The summed E-state index contributed by atoms with van der Waals surface area (Å²) in [7, 11) is 0. The van der Waals surface area contributed by atoms with Crippen LogP contribution in [0.4, 0.5) is 30.7 Å². The van der Waals surface area contributed by atoms with Crippen molar-refractivity contribution >= 4 is 45.8 Å². The summed E-state index contributed by atoms with van der Waals surface area (Å²) in [6, 6.07) is 0.501. The number of nitrogens with zero attached hydrogens (tertiary/aromatic N) is 1. The van der Waals surface area contributed by atoms with Gasteiger partial charge in [0.05, 0.1) is 25.5 Å². The van der Waals surface area contributed by atoms with Gasteiger partial charge < -0.3 is 0 Å². The van der Waals surface area contributed by atoms with E-state index in [1.54, 1.807) is 22.6 Å². The van der Waals surface area contributed by atoms with Crippen LogP contribution in [0.5, 0.6) is 0 Å². The molecular weight excluding hydrogens is 503 g/mol. The van der Waals surface area contributed by atoms with E-state index in [4.69, 9.17) is 23.2 Å². The maximum atomic E-state index is 14.1. The summed E-state index contributed by atoms with van der Waals surface area (Å²) in [6.45, 7) is 0. The number of H-pyrrole nitrogens is 1. The molecule has 0 spiro atoms. The van der Waals surface area contributed by atoms with Crippen LogP contribution < -0.4 is 0 Å². The Kier molecular flexibility index (Phi) is 5.06. The first-order valence-electron chi connectivity index (χ1n) is 5.82. The number of hydrogen-bond acceptors (Lipinski definition) is 1. The highest BCUT2D eigenvalue weighted by Crippen LogP contribution is 2.54. The molecule has 0 saturated heterocycles. The van der Waals surface area contributed by atoms with Crippen LogP contribution in [-0.4, -0.2) is 22.5 Å². The van der Waals surface area contributed by atoms with Crippen molar-refractivity contribution in [2.75, 3.05) is 0 Å². The number of nitrogens with one attached hydrogen (secondary N) is 1. The fourth-order valence-corrected chi connectivity index (χ4v) is 3.15. The molecule has 12 heteroatoms. The number of hydrogen-bond donors (Lipinski definition) is 1. The molecule has 0 bridgehead atoms. The Hall–Kier alpha value is -0.750. The van der Waals surface area contributed by atoms with Crippen molar-refractivity contribution in [3.8, 4) is 11.3 Å². The van der Waals surface area contributed by atoms with E-state index in [0.717, 1.165) is 0 Å². The third kappa shape index (κ3) is 3.07. The van der Waals surface area contributed by atoms with Gasteiger partial charge in [-0.3, -0.25) is 5.10 Å². The lowest BCUT2D eigenvalue weighted by molar-refractivity contribution is -0.348. The monoisotopic (exact) mass is 506 g/mol. The molecular formula is C12H4Cl2F7IN2. The maximum absolute atomic E-state index is 14.1. The highest BCUT2D eigenvalue weighted by Gasteiger charge is 2.73. The Morgan fingerprint density at radius 2 is 1.38 bits per heavy atom. The first kappa shape index (κ1) is 19.6. The van der Waals surface area contributed by atoms with E-state index in [-0.39, 0.29) is 23.4 Å². The molecule has 0 amide bonds. The molecule has 2 nitrogen and oxygen atoms in total. The van der Waals surface area contributed by atoms with Gasteiger partial charge in [0.2, 0.25) is 0 Å². The Morgan fingerprint density at radius 1 is 0.917 bits per heavy atom. The van der Waals surface area contributed by atoms with Gasteiger partial charge in [0.15, 0.2) is 0 Å². The summed E-state index contributed by atoms with van der Waals surface area (Å²) < 4.78 is 91.3. The zero-order valence-corrected chi connectivity index (χ0v) is 14.6. The van der Waals surface area contributed by atoms with Gasteiger partial charge in [-0.1, -0.05) is 23.2 Å². The smallest absolute Gasteiger partial charge is 0.277 e. The molecule has 0 aliphatic rings. The molecule has 1 heterocycles. The first-order chi connectivity index (χ1) is 10.8. The van der Waals surface area contributed by atoms with E-state index in [1.807, 2.05) is 0 Å². The van der Waals surface area contributed by atoms with E-state index in [9.17, 15) is 30.7 Å². The Bertz CT molecular complexity index is 732. The number of aromatic nitrogens is 2. The Morgan fingerprint density at radius 3 is 1.71 bits per heavy atom. The minimum Gasteiger partial charge on any atom is -0.277 e. The number of halogens is 10. The second kappa shape index (κ2) is 6.20. The molecule has 0 saturated carbocycles. The highest BCUT2D eigenvalue weighted by atomic mass is 127. The van der Waals surface area contributed by atoms with Crippen LogP contribution in [0.25, 0.3) is 11.3 Å². The van der Waals surface area contributed by atoms with Gasteiger partial charge in [0, 0.05) is 11.1 Å². The summed E-state index contributed by atoms with van der Waals surface area (Å²) >= 11 is 13.3. The van der Waals surface area contributed by atoms with E-state index in [0.29, 0.717) is 3.57 Å². The SMILES string of the molecule is FC(F)(F)C(F)(c1cc(Cl)c(-c2[nH]ncc2I)c(Cl)c1)C(F)(F)F. The van der Waals surface area contributed by atoms with Crippen molar-refractivity contribution < 1.29 is 30.7 Å². The second-order valence-corrected chi connectivity index (χ2v) is 6.54. The van der Waals surface area contributed by atoms with Gasteiger partial charge in [0.1, 0.15) is 0 Å². The van der Waals surface area contributed by atoms with E-state index in [1.165, 1.54) is 6.20 Å². The maximum Gasteiger partial charge on any atom is 0.435 e. The van der Waals surface area contributed by atoms with Crippen LogP contribution >= 0.6 is 45.8 Å². The predicted molar refractivity (Wildman–Crippen MR) is 81.7 cm³/mol. The lowest BCUT2D eigenvalue weighted by Crippen LogP contribution is -2.50. The zero-order valence-electron chi connectivity index (χ0n) is 11.0. The normalized spacial score (nSPS) is 13.4. The minimum atomic E-state index is -6.25. The molecule has 0 unspecified atom stereocenters.